The summed E-state index contributed by atoms with van der Waals surface area (Å²) in [6.45, 7) is 2.40. The number of amides is 1. The quantitative estimate of drug-likeness (QED) is 0.739. The van der Waals surface area contributed by atoms with Crippen molar-refractivity contribution in [2.45, 2.75) is 25.8 Å². The van der Waals surface area contributed by atoms with Crippen LogP contribution >= 0.6 is 11.3 Å². The van der Waals surface area contributed by atoms with Crippen molar-refractivity contribution in [2.24, 2.45) is 0 Å². The van der Waals surface area contributed by atoms with E-state index < -0.39 is 0 Å². The fourth-order valence-electron chi connectivity index (χ4n) is 2.69. The number of benzene rings is 1. The van der Waals surface area contributed by atoms with E-state index in [4.69, 9.17) is 0 Å². The molecule has 24 heavy (non-hydrogen) atoms. The van der Waals surface area contributed by atoms with Crippen LogP contribution in [0.25, 0.3) is 11.3 Å². The summed E-state index contributed by atoms with van der Waals surface area (Å²) in [4.78, 5) is 21.4. The number of aromatic nitrogens is 2. The van der Waals surface area contributed by atoms with Crippen LogP contribution in [-0.2, 0) is 11.3 Å². The summed E-state index contributed by atoms with van der Waals surface area (Å²) >= 11 is 1.62. The summed E-state index contributed by atoms with van der Waals surface area (Å²) in [5.74, 6) is -0.127. The molecule has 122 valence electrons. The molecule has 0 aliphatic carbocycles. The Labute approximate surface area is 145 Å². The zero-order valence-electron chi connectivity index (χ0n) is 13.5. The summed E-state index contributed by atoms with van der Waals surface area (Å²) in [7, 11) is 0. The second-order valence-electron chi connectivity index (χ2n) is 5.45. The zero-order valence-corrected chi connectivity index (χ0v) is 14.3. The molecule has 5 heteroatoms. The first-order chi connectivity index (χ1) is 11.8. The highest BCUT2D eigenvalue weighted by Crippen LogP contribution is 2.23. The SMILES string of the molecule is CCC(C(=O)NCc1nccnc1-c1ccsc1)c1ccccc1. The Balaban J connectivity index is 1.73. The molecule has 0 bridgehead atoms. The lowest BCUT2D eigenvalue weighted by atomic mass is 9.95. The van der Waals surface area contributed by atoms with Crippen molar-refractivity contribution in [3.8, 4) is 11.3 Å². The first-order valence-electron chi connectivity index (χ1n) is 7.94. The number of nitrogens with zero attached hydrogens (tertiary/aromatic N) is 2. The number of thiophene rings is 1. The number of carbonyl (C=O) groups excluding carboxylic acids is 1. The van der Waals surface area contributed by atoms with Gasteiger partial charge in [-0.25, -0.2) is 0 Å². The van der Waals surface area contributed by atoms with Crippen molar-refractivity contribution in [1.29, 1.82) is 0 Å². The third-order valence-electron chi connectivity index (χ3n) is 3.93. The lowest BCUT2D eigenvalue weighted by molar-refractivity contribution is -0.122. The first-order valence-corrected chi connectivity index (χ1v) is 8.89. The molecule has 0 fully saturated rings. The van der Waals surface area contributed by atoms with Crippen LogP contribution in [0.2, 0.25) is 0 Å². The highest BCUT2D eigenvalue weighted by Gasteiger charge is 2.19. The van der Waals surface area contributed by atoms with Gasteiger partial charge in [-0.15, -0.1) is 0 Å². The molecular weight excluding hydrogens is 318 g/mol. The van der Waals surface area contributed by atoms with E-state index in [1.54, 1.807) is 23.7 Å². The van der Waals surface area contributed by atoms with E-state index in [1.807, 2.05) is 54.1 Å². The maximum Gasteiger partial charge on any atom is 0.227 e. The van der Waals surface area contributed by atoms with Gasteiger partial charge in [0.2, 0.25) is 5.91 Å². The van der Waals surface area contributed by atoms with Gasteiger partial charge in [0, 0.05) is 23.3 Å². The van der Waals surface area contributed by atoms with Gasteiger partial charge in [-0.1, -0.05) is 37.3 Å². The minimum atomic E-state index is -0.146. The highest BCUT2D eigenvalue weighted by molar-refractivity contribution is 7.08. The number of carbonyl (C=O) groups is 1. The molecule has 0 aliphatic heterocycles. The maximum atomic E-state index is 12.6. The van der Waals surface area contributed by atoms with Crippen molar-refractivity contribution in [1.82, 2.24) is 15.3 Å². The van der Waals surface area contributed by atoms with Crippen molar-refractivity contribution in [2.75, 3.05) is 0 Å². The Hall–Kier alpha value is -2.53. The van der Waals surface area contributed by atoms with E-state index in [2.05, 4.69) is 15.3 Å². The predicted octanol–water partition coefficient (Wildman–Crippen LogP) is 4.02. The maximum absolute atomic E-state index is 12.6. The van der Waals surface area contributed by atoms with Crippen LogP contribution < -0.4 is 5.32 Å². The molecule has 4 nitrogen and oxygen atoms in total. The van der Waals surface area contributed by atoms with Gasteiger partial charge in [-0.3, -0.25) is 14.8 Å². The molecule has 0 saturated carbocycles. The van der Waals surface area contributed by atoms with E-state index in [0.29, 0.717) is 6.54 Å². The van der Waals surface area contributed by atoms with E-state index >= 15 is 0 Å². The summed E-state index contributed by atoms with van der Waals surface area (Å²) in [5, 5.41) is 7.06. The van der Waals surface area contributed by atoms with Crippen molar-refractivity contribution in [3.63, 3.8) is 0 Å². The minimum absolute atomic E-state index is 0.0191. The average molecular weight is 337 g/mol. The standard InChI is InChI=1S/C19H19N3OS/c1-2-16(14-6-4-3-5-7-14)19(23)22-12-17-18(21-10-9-20-17)15-8-11-24-13-15/h3-11,13,16H,2,12H2,1H3,(H,22,23). The summed E-state index contributed by atoms with van der Waals surface area (Å²) in [6.07, 6.45) is 4.09. The zero-order chi connectivity index (χ0) is 16.8. The van der Waals surface area contributed by atoms with E-state index in [-0.39, 0.29) is 11.8 Å². The minimum Gasteiger partial charge on any atom is -0.350 e. The lowest BCUT2D eigenvalue weighted by Crippen LogP contribution is -2.29. The molecule has 0 saturated heterocycles. The third kappa shape index (κ3) is 3.68. The fraction of sp³-hybridized carbons (Fsp3) is 0.211. The van der Waals surface area contributed by atoms with E-state index in [0.717, 1.165) is 28.9 Å². The molecule has 0 spiro atoms. The van der Waals surface area contributed by atoms with Gasteiger partial charge in [0.25, 0.3) is 0 Å². The largest absolute Gasteiger partial charge is 0.350 e. The molecule has 3 rings (SSSR count). The topological polar surface area (TPSA) is 54.9 Å². The second-order valence-corrected chi connectivity index (χ2v) is 6.23. The molecule has 3 aromatic rings. The van der Waals surface area contributed by atoms with Crippen LogP contribution in [0.1, 0.15) is 30.5 Å². The Bertz CT molecular complexity index is 787. The van der Waals surface area contributed by atoms with Crippen LogP contribution in [0.15, 0.2) is 59.6 Å². The second kappa shape index (κ2) is 7.84. The van der Waals surface area contributed by atoms with Gasteiger partial charge in [0.05, 0.1) is 23.9 Å². The lowest BCUT2D eigenvalue weighted by Gasteiger charge is -2.15. The molecule has 1 atom stereocenters. The van der Waals surface area contributed by atoms with Crippen LogP contribution in [0.4, 0.5) is 0 Å². The van der Waals surface area contributed by atoms with Crippen molar-refractivity contribution < 1.29 is 4.79 Å². The van der Waals surface area contributed by atoms with Crippen LogP contribution in [0.5, 0.6) is 0 Å². The molecule has 2 aromatic heterocycles. The number of nitrogens with one attached hydrogen (secondary N) is 1. The molecule has 1 amide bonds. The van der Waals surface area contributed by atoms with Gasteiger partial charge in [0.1, 0.15) is 0 Å². The Morgan fingerprint density at radius 2 is 1.96 bits per heavy atom. The molecule has 1 aromatic carbocycles. The van der Waals surface area contributed by atoms with Crippen molar-refractivity contribution in [3.05, 3.63) is 70.8 Å². The smallest absolute Gasteiger partial charge is 0.227 e. The summed E-state index contributed by atoms with van der Waals surface area (Å²) in [6, 6.07) is 11.9. The molecule has 2 heterocycles. The van der Waals surface area contributed by atoms with Gasteiger partial charge >= 0.3 is 0 Å². The molecule has 0 radical (unpaired) electrons. The van der Waals surface area contributed by atoms with E-state index in [9.17, 15) is 4.79 Å². The normalized spacial score (nSPS) is 11.9. The summed E-state index contributed by atoms with van der Waals surface area (Å²) in [5.41, 5.74) is 3.68. The fourth-order valence-corrected chi connectivity index (χ4v) is 3.33. The molecule has 1 unspecified atom stereocenters. The number of rotatable bonds is 6. The predicted molar refractivity (Wildman–Crippen MR) is 96.7 cm³/mol. The van der Waals surface area contributed by atoms with Crippen LogP contribution in [0.3, 0.4) is 0 Å². The number of hydrogen-bond donors (Lipinski definition) is 1. The van der Waals surface area contributed by atoms with Gasteiger partial charge in [-0.05, 0) is 23.4 Å². The summed E-state index contributed by atoms with van der Waals surface area (Å²) < 4.78 is 0. The molecule has 1 N–H and O–H groups in total. The average Bonchev–Trinajstić information content (AvgIpc) is 3.16. The Kier molecular flexibility index (Phi) is 5.33. The van der Waals surface area contributed by atoms with E-state index in [1.165, 1.54) is 0 Å². The van der Waals surface area contributed by atoms with Crippen LogP contribution in [-0.4, -0.2) is 15.9 Å². The Morgan fingerprint density at radius 1 is 1.17 bits per heavy atom. The van der Waals surface area contributed by atoms with Gasteiger partial charge in [0.15, 0.2) is 0 Å². The number of hydrogen-bond acceptors (Lipinski definition) is 4. The van der Waals surface area contributed by atoms with Gasteiger partial charge < -0.3 is 5.32 Å². The van der Waals surface area contributed by atoms with Crippen molar-refractivity contribution >= 4 is 17.2 Å². The Morgan fingerprint density at radius 3 is 2.67 bits per heavy atom. The first kappa shape index (κ1) is 16.3. The third-order valence-corrected chi connectivity index (χ3v) is 4.61. The van der Waals surface area contributed by atoms with Gasteiger partial charge in [-0.2, -0.15) is 11.3 Å². The molecule has 0 aliphatic rings. The monoisotopic (exact) mass is 337 g/mol. The van der Waals surface area contributed by atoms with Crippen LogP contribution in [0, 0.1) is 0 Å². The molecular formula is C19H19N3OS. The highest BCUT2D eigenvalue weighted by atomic mass is 32.1.